The molecule has 0 radical (unpaired) electrons. The minimum Gasteiger partial charge on any atom is -0.222 e. The Bertz CT molecular complexity index is 396. The molecule has 0 saturated heterocycles. The summed E-state index contributed by atoms with van der Waals surface area (Å²) in [6, 6.07) is 5.72. The molecule has 0 fully saturated rings. The van der Waals surface area contributed by atoms with Crippen LogP contribution in [0.25, 0.3) is 0 Å². The zero-order chi connectivity index (χ0) is 13.8. The topological polar surface area (TPSA) is 81.8 Å². The van der Waals surface area contributed by atoms with Gasteiger partial charge in [0.15, 0.2) is 0 Å². The molecule has 0 aromatic heterocycles. The van der Waals surface area contributed by atoms with E-state index in [0.29, 0.717) is 16.0 Å². The molecule has 0 saturated carbocycles. The molecule has 0 heterocycles. The number of carbonyl (C=O) groups excluding carboxylic acids is 2. The summed E-state index contributed by atoms with van der Waals surface area (Å²) in [5, 5.41) is 12.1. The molecule has 92 valence electrons. The standard InChI is InChI=1S/C9H10Cl2.2CHNO/c1-6(2)7-4-3-5-8(10)9(7)11;2*2-1-3/h3-6H,1-2H3;2*2H. The highest BCUT2D eigenvalue weighted by Crippen LogP contribution is 2.30. The first-order chi connectivity index (χ1) is 7.95. The van der Waals surface area contributed by atoms with Crippen LogP contribution < -0.4 is 0 Å². The maximum Gasteiger partial charge on any atom is 0.231 e. The van der Waals surface area contributed by atoms with Gasteiger partial charge in [0.25, 0.3) is 0 Å². The van der Waals surface area contributed by atoms with Gasteiger partial charge < -0.3 is 0 Å². The second-order valence-corrected chi connectivity index (χ2v) is 3.79. The van der Waals surface area contributed by atoms with Crippen molar-refractivity contribution in [3.63, 3.8) is 0 Å². The SMILES string of the molecule is CC(C)c1cccc(Cl)c1Cl.N=C=O.N=C=O. The molecule has 0 spiro atoms. The molecule has 1 aromatic carbocycles. The van der Waals surface area contributed by atoms with Gasteiger partial charge in [-0.1, -0.05) is 49.2 Å². The fourth-order valence-corrected chi connectivity index (χ4v) is 1.49. The molecule has 1 aromatic rings. The van der Waals surface area contributed by atoms with E-state index in [-0.39, 0.29) is 0 Å². The molecular weight excluding hydrogens is 263 g/mol. The maximum atomic E-state index is 8.35. The maximum absolute atomic E-state index is 8.35. The lowest BCUT2D eigenvalue weighted by Gasteiger charge is -2.07. The van der Waals surface area contributed by atoms with Crippen molar-refractivity contribution in [2.75, 3.05) is 0 Å². The summed E-state index contributed by atoms with van der Waals surface area (Å²) in [6.07, 6.45) is 1.50. The van der Waals surface area contributed by atoms with Crippen molar-refractivity contribution in [3.05, 3.63) is 33.8 Å². The Morgan fingerprint density at radius 3 is 1.82 bits per heavy atom. The van der Waals surface area contributed by atoms with E-state index in [1.165, 1.54) is 0 Å². The lowest BCUT2D eigenvalue weighted by atomic mass is 10.0. The van der Waals surface area contributed by atoms with Crippen molar-refractivity contribution in [2.24, 2.45) is 0 Å². The molecule has 0 bridgehead atoms. The van der Waals surface area contributed by atoms with Crippen LogP contribution in [0.4, 0.5) is 0 Å². The van der Waals surface area contributed by atoms with Crippen LogP contribution >= 0.6 is 23.2 Å². The van der Waals surface area contributed by atoms with E-state index in [4.69, 9.17) is 43.6 Å². The van der Waals surface area contributed by atoms with Crippen molar-refractivity contribution < 1.29 is 9.59 Å². The highest BCUT2D eigenvalue weighted by Gasteiger charge is 2.06. The zero-order valence-electron chi connectivity index (χ0n) is 9.38. The molecule has 0 aliphatic heterocycles. The van der Waals surface area contributed by atoms with Crippen molar-refractivity contribution in [3.8, 4) is 0 Å². The normalized spacial score (nSPS) is 7.82. The van der Waals surface area contributed by atoms with Crippen LogP contribution in [0.2, 0.25) is 10.0 Å². The summed E-state index contributed by atoms with van der Waals surface area (Å²) in [4.78, 5) is 16.7. The van der Waals surface area contributed by atoms with Crippen molar-refractivity contribution >= 4 is 35.4 Å². The van der Waals surface area contributed by atoms with Gasteiger partial charge in [0, 0.05) is 0 Å². The molecule has 0 atom stereocenters. The molecule has 0 amide bonds. The summed E-state index contributed by atoms with van der Waals surface area (Å²) >= 11 is 11.8. The van der Waals surface area contributed by atoms with E-state index in [1.807, 2.05) is 12.1 Å². The Kier molecular flexibility index (Phi) is 11.7. The molecule has 0 unspecified atom stereocenters. The van der Waals surface area contributed by atoms with Crippen LogP contribution in [0.3, 0.4) is 0 Å². The van der Waals surface area contributed by atoms with Crippen molar-refractivity contribution in [1.82, 2.24) is 0 Å². The van der Waals surface area contributed by atoms with Gasteiger partial charge in [-0.15, -0.1) is 0 Å². The average Bonchev–Trinajstić information content (AvgIpc) is 2.24. The first-order valence-electron chi connectivity index (χ1n) is 4.47. The number of rotatable bonds is 1. The van der Waals surface area contributed by atoms with Gasteiger partial charge in [0.05, 0.1) is 10.0 Å². The van der Waals surface area contributed by atoms with Gasteiger partial charge in [-0.05, 0) is 17.5 Å². The van der Waals surface area contributed by atoms with Gasteiger partial charge in [0.1, 0.15) is 0 Å². The van der Waals surface area contributed by atoms with E-state index in [9.17, 15) is 0 Å². The van der Waals surface area contributed by atoms with E-state index >= 15 is 0 Å². The fourth-order valence-electron chi connectivity index (χ4n) is 0.966. The lowest BCUT2D eigenvalue weighted by Crippen LogP contribution is -1.88. The molecule has 1 rings (SSSR count). The largest absolute Gasteiger partial charge is 0.231 e. The predicted octanol–water partition coefficient (Wildman–Crippen LogP) is 3.92. The summed E-state index contributed by atoms with van der Waals surface area (Å²) < 4.78 is 0. The first-order valence-corrected chi connectivity index (χ1v) is 5.23. The monoisotopic (exact) mass is 274 g/mol. The molecule has 17 heavy (non-hydrogen) atoms. The summed E-state index contributed by atoms with van der Waals surface area (Å²) in [5.41, 5.74) is 1.11. The molecule has 6 heteroatoms. The summed E-state index contributed by atoms with van der Waals surface area (Å²) in [7, 11) is 0. The third-order valence-electron chi connectivity index (χ3n) is 1.60. The number of isocyanates is 2. The van der Waals surface area contributed by atoms with Crippen LogP contribution in [0.1, 0.15) is 25.3 Å². The zero-order valence-corrected chi connectivity index (χ0v) is 10.9. The quantitative estimate of drug-likeness (QED) is 0.601. The molecular formula is C11H12Cl2N2O2. The number of hydrogen-bond donors (Lipinski definition) is 2. The minimum absolute atomic E-state index is 0.432. The number of benzene rings is 1. The van der Waals surface area contributed by atoms with Gasteiger partial charge in [-0.2, -0.15) is 0 Å². The molecule has 0 aliphatic rings. The smallest absolute Gasteiger partial charge is 0.222 e. The van der Waals surface area contributed by atoms with Crippen LogP contribution in [-0.2, 0) is 9.59 Å². The minimum atomic E-state index is 0.432. The third kappa shape index (κ3) is 8.38. The summed E-state index contributed by atoms with van der Waals surface area (Å²) in [5.74, 6) is 0.432. The van der Waals surface area contributed by atoms with Crippen LogP contribution in [-0.4, -0.2) is 12.2 Å². The Hall–Kier alpha value is -1.44. The Labute approximate surface area is 110 Å². The van der Waals surface area contributed by atoms with Gasteiger partial charge >= 0.3 is 0 Å². The molecule has 2 N–H and O–H groups in total. The van der Waals surface area contributed by atoms with Crippen LogP contribution in [0, 0.1) is 10.8 Å². The highest BCUT2D eigenvalue weighted by atomic mass is 35.5. The van der Waals surface area contributed by atoms with Gasteiger partial charge in [0.2, 0.25) is 12.2 Å². The molecule has 4 nitrogen and oxygen atoms in total. The van der Waals surface area contributed by atoms with Crippen molar-refractivity contribution in [1.29, 1.82) is 10.8 Å². The third-order valence-corrected chi connectivity index (χ3v) is 2.44. The highest BCUT2D eigenvalue weighted by molar-refractivity contribution is 6.42. The fraction of sp³-hybridized carbons (Fsp3) is 0.273. The van der Waals surface area contributed by atoms with E-state index in [2.05, 4.69) is 13.8 Å². The number of halogens is 2. The Morgan fingerprint density at radius 1 is 1.12 bits per heavy atom. The average molecular weight is 275 g/mol. The van der Waals surface area contributed by atoms with E-state index in [1.54, 1.807) is 6.07 Å². The first kappa shape index (κ1) is 17.9. The van der Waals surface area contributed by atoms with Gasteiger partial charge in [-0.25, -0.2) is 20.4 Å². The van der Waals surface area contributed by atoms with Crippen molar-refractivity contribution in [2.45, 2.75) is 19.8 Å². The Balaban J connectivity index is 0. The predicted molar refractivity (Wildman–Crippen MR) is 67.4 cm³/mol. The van der Waals surface area contributed by atoms with Gasteiger partial charge in [-0.3, -0.25) is 0 Å². The van der Waals surface area contributed by atoms with Crippen LogP contribution in [0.15, 0.2) is 18.2 Å². The van der Waals surface area contributed by atoms with Crippen LogP contribution in [0.5, 0.6) is 0 Å². The number of hydrogen-bond acceptors (Lipinski definition) is 4. The molecule has 0 aliphatic carbocycles. The lowest BCUT2D eigenvalue weighted by molar-refractivity contribution is 0.562. The van der Waals surface area contributed by atoms with E-state index < -0.39 is 0 Å². The Morgan fingerprint density at radius 2 is 1.53 bits per heavy atom. The number of nitrogens with one attached hydrogen (secondary N) is 2. The van der Waals surface area contributed by atoms with E-state index in [0.717, 1.165) is 17.7 Å². The second-order valence-electron chi connectivity index (χ2n) is 3.00. The second kappa shape index (κ2) is 11.1. The summed E-state index contributed by atoms with van der Waals surface area (Å²) in [6.45, 7) is 4.19.